The molecule has 3 N–H and O–H groups in total. The van der Waals surface area contributed by atoms with Crippen molar-refractivity contribution in [3.63, 3.8) is 0 Å². The van der Waals surface area contributed by atoms with Crippen molar-refractivity contribution in [2.45, 2.75) is 33.4 Å². The maximum absolute atomic E-state index is 12.2. The summed E-state index contributed by atoms with van der Waals surface area (Å²) >= 11 is 3.39. The van der Waals surface area contributed by atoms with Crippen LogP contribution in [0.3, 0.4) is 0 Å². The van der Waals surface area contributed by atoms with E-state index in [0.29, 0.717) is 6.54 Å². The van der Waals surface area contributed by atoms with Gasteiger partial charge in [-0.15, -0.1) is 0 Å². The summed E-state index contributed by atoms with van der Waals surface area (Å²) in [4.78, 5) is 23.6. The summed E-state index contributed by atoms with van der Waals surface area (Å²) in [5.74, 6) is -0.326. The van der Waals surface area contributed by atoms with Crippen LogP contribution in [0.25, 0.3) is 0 Å². The van der Waals surface area contributed by atoms with Gasteiger partial charge in [0.2, 0.25) is 0 Å². The van der Waals surface area contributed by atoms with Crippen molar-refractivity contribution in [1.29, 1.82) is 0 Å². The molecule has 0 radical (unpaired) electrons. The van der Waals surface area contributed by atoms with E-state index in [1.807, 2.05) is 45.0 Å². The van der Waals surface area contributed by atoms with E-state index in [1.165, 1.54) is 7.11 Å². The summed E-state index contributed by atoms with van der Waals surface area (Å²) < 4.78 is 5.53. The fourth-order valence-electron chi connectivity index (χ4n) is 1.80. The Bertz CT molecular complexity index is 529. The van der Waals surface area contributed by atoms with Crippen LogP contribution in [0.15, 0.2) is 28.7 Å². The number of alkyl carbamates (subject to hydrolysis) is 1. The molecular formula is C15H22BrN3O3. The molecule has 0 fully saturated rings. The van der Waals surface area contributed by atoms with Crippen LogP contribution in [-0.4, -0.2) is 25.2 Å². The fourth-order valence-corrected chi connectivity index (χ4v) is 2.25. The van der Waals surface area contributed by atoms with Crippen LogP contribution >= 0.6 is 15.9 Å². The van der Waals surface area contributed by atoms with Crippen molar-refractivity contribution in [3.8, 4) is 0 Å². The van der Waals surface area contributed by atoms with Gasteiger partial charge in [0.25, 0.3) is 5.91 Å². The molecular weight excluding hydrogens is 350 g/mol. The first-order valence-electron chi connectivity index (χ1n) is 6.85. The van der Waals surface area contributed by atoms with E-state index in [1.54, 1.807) is 0 Å². The van der Waals surface area contributed by atoms with Gasteiger partial charge >= 0.3 is 6.09 Å². The zero-order chi connectivity index (χ0) is 16.8. The lowest BCUT2D eigenvalue weighted by Crippen LogP contribution is -2.56. The van der Waals surface area contributed by atoms with E-state index < -0.39 is 17.6 Å². The number of benzene rings is 1. The molecule has 0 aromatic heterocycles. The molecule has 1 aromatic carbocycles. The molecule has 1 aromatic rings. The smallest absolute Gasteiger partial charge is 0.407 e. The molecule has 0 aliphatic heterocycles. The molecule has 7 heteroatoms. The Hall–Kier alpha value is -1.60. The number of hydrogen-bond donors (Lipinski definition) is 3. The Kier molecular flexibility index (Phi) is 6.83. The number of hydrogen-bond acceptors (Lipinski definition) is 4. The molecule has 2 amide bonds. The molecule has 22 heavy (non-hydrogen) atoms. The number of hydrazine groups is 1. The second-order valence-corrected chi connectivity index (χ2v) is 6.82. The first kappa shape index (κ1) is 18.4. The van der Waals surface area contributed by atoms with Crippen molar-refractivity contribution in [3.05, 3.63) is 34.3 Å². The maximum atomic E-state index is 12.2. The van der Waals surface area contributed by atoms with Gasteiger partial charge in [-0.25, -0.2) is 10.2 Å². The number of carbonyl (C=O) groups is 2. The predicted octanol–water partition coefficient (Wildman–Crippen LogP) is 2.34. The van der Waals surface area contributed by atoms with Gasteiger partial charge in [0, 0.05) is 11.0 Å². The topological polar surface area (TPSA) is 79.5 Å². The van der Waals surface area contributed by atoms with Crippen LogP contribution in [0.1, 0.15) is 26.3 Å². The first-order valence-corrected chi connectivity index (χ1v) is 7.65. The molecule has 1 rings (SSSR count). The van der Waals surface area contributed by atoms with Crippen LogP contribution in [-0.2, 0) is 16.1 Å². The van der Waals surface area contributed by atoms with Crippen LogP contribution in [0.2, 0.25) is 0 Å². The SMILES string of the molecule is COC(=O)N[C@H](C(=O)NNCc1cccc(Br)c1)C(C)(C)C. The van der Waals surface area contributed by atoms with E-state index in [-0.39, 0.29) is 5.91 Å². The normalized spacial score (nSPS) is 12.4. The molecule has 0 spiro atoms. The maximum Gasteiger partial charge on any atom is 0.407 e. The largest absolute Gasteiger partial charge is 0.453 e. The van der Waals surface area contributed by atoms with Gasteiger partial charge in [0.15, 0.2) is 0 Å². The fraction of sp³-hybridized carbons (Fsp3) is 0.467. The lowest BCUT2D eigenvalue weighted by molar-refractivity contribution is -0.126. The van der Waals surface area contributed by atoms with Crippen LogP contribution in [0.5, 0.6) is 0 Å². The Labute approximate surface area is 139 Å². The second-order valence-electron chi connectivity index (χ2n) is 5.91. The molecule has 122 valence electrons. The van der Waals surface area contributed by atoms with Crippen molar-refractivity contribution >= 4 is 27.9 Å². The summed E-state index contributed by atoms with van der Waals surface area (Å²) in [6.45, 7) is 6.06. The zero-order valence-electron chi connectivity index (χ0n) is 13.2. The third-order valence-electron chi connectivity index (χ3n) is 2.97. The molecule has 0 bridgehead atoms. The monoisotopic (exact) mass is 371 g/mol. The van der Waals surface area contributed by atoms with Crippen molar-refractivity contribution < 1.29 is 14.3 Å². The minimum Gasteiger partial charge on any atom is -0.453 e. The Morgan fingerprint density at radius 3 is 2.55 bits per heavy atom. The minimum absolute atomic E-state index is 0.326. The summed E-state index contributed by atoms with van der Waals surface area (Å²) in [6.07, 6.45) is -0.637. The number of methoxy groups -OCH3 is 1. The lowest BCUT2D eigenvalue weighted by atomic mass is 9.86. The third-order valence-corrected chi connectivity index (χ3v) is 3.46. The molecule has 6 nitrogen and oxygen atoms in total. The number of halogens is 1. The molecule has 0 aliphatic rings. The standard InChI is InChI=1S/C15H22BrN3O3/c1-15(2,3)12(18-14(21)22-4)13(20)19-17-9-10-6-5-7-11(16)8-10/h5-8,12,17H,9H2,1-4H3,(H,18,21)(H,19,20)/t12-/m1/s1. The lowest BCUT2D eigenvalue weighted by Gasteiger charge is -2.29. The summed E-state index contributed by atoms with van der Waals surface area (Å²) in [7, 11) is 1.26. The van der Waals surface area contributed by atoms with E-state index in [2.05, 4.69) is 36.8 Å². The average Bonchev–Trinajstić information content (AvgIpc) is 2.43. The highest BCUT2D eigenvalue weighted by atomic mass is 79.9. The highest BCUT2D eigenvalue weighted by Crippen LogP contribution is 2.19. The molecule has 0 saturated carbocycles. The van der Waals surface area contributed by atoms with Gasteiger partial charge in [-0.1, -0.05) is 48.8 Å². The second kappa shape index (κ2) is 8.14. The van der Waals surface area contributed by atoms with E-state index in [4.69, 9.17) is 0 Å². The van der Waals surface area contributed by atoms with E-state index >= 15 is 0 Å². The number of rotatable bonds is 5. The zero-order valence-corrected chi connectivity index (χ0v) is 14.8. The molecule has 0 heterocycles. The third kappa shape index (κ3) is 6.03. The number of ether oxygens (including phenoxy) is 1. The highest BCUT2D eigenvalue weighted by Gasteiger charge is 2.33. The average molecular weight is 372 g/mol. The van der Waals surface area contributed by atoms with E-state index in [9.17, 15) is 9.59 Å². The predicted molar refractivity (Wildman–Crippen MR) is 87.9 cm³/mol. The Morgan fingerprint density at radius 1 is 1.32 bits per heavy atom. The Balaban J connectivity index is 2.58. The molecule has 0 aliphatic carbocycles. The van der Waals surface area contributed by atoms with Crippen LogP contribution in [0, 0.1) is 5.41 Å². The highest BCUT2D eigenvalue weighted by molar-refractivity contribution is 9.10. The van der Waals surface area contributed by atoms with Crippen molar-refractivity contribution in [2.75, 3.05) is 7.11 Å². The van der Waals surface area contributed by atoms with Gasteiger partial charge in [0.1, 0.15) is 6.04 Å². The van der Waals surface area contributed by atoms with E-state index in [0.717, 1.165) is 10.0 Å². The minimum atomic E-state index is -0.713. The van der Waals surface area contributed by atoms with Gasteiger partial charge < -0.3 is 10.1 Å². The number of carbonyl (C=O) groups excluding carboxylic acids is 2. The summed E-state index contributed by atoms with van der Waals surface area (Å²) in [5, 5.41) is 2.54. The summed E-state index contributed by atoms with van der Waals surface area (Å²) in [6, 6.07) is 7.03. The van der Waals surface area contributed by atoms with Gasteiger partial charge in [-0.2, -0.15) is 0 Å². The van der Waals surface area contributed by atoms with Crippen molar-refractivity contribution in [2.24, 2.45) is 5.41 Å². The molecule has 1 atom stereocenters. The van der Waals surface area contributed by atoms with Crippen LogP contribution in [0.4, 0.5) is 4.79 Å². The quantitative estimate of drug-likeness (QED) is 0.694. The summed E-state index contributed by atoms with van der Waals surface area (Å²) in [5.41, 5.74) is 6.04. The van der Waals surface area contributed by atoms with Crippen LogP contribution < -0.4 is 16.2 Å². The number of amides is 2. The van der Waals surface area contributed by atoms with Gasteiger partial charge in [-0.3, -0.25) is 10.2 Å². The molecule has 0 saturated heterocycles. The number of nitrogens with one attached hydrogen (secondary N) is 3. The van der Waals surface area contributed by atoms with Crippen molar-refractivity contribution in [1.82, 2.24) is 16.2 Å². The van der Waals surface area contributed by atoms with Gasteiger partial charge in [-0.05, 0) is 23.1 Å². The molecule has 0 unspecified atom stereocenters. The Morgan fingerprint density at radius 2 is 2.00 bits per heavy atom. The first-order chi connectivity index (χ1) is 10.2. The van der Waals surface area contributed by atoms with Gasteiger partial charge in [0.05, 0.1) is 7.11 Å².